The van der Waals surface area contributed by atoms with Crippen LogP contribution in [0.5, 0.6) is 0 Å². The minimum Gasteiger partial charge on any atom is -0.375 e. The summed E-state index contributed by atoms with van der Waals surface area (Å²) >= 11 is 0. The van der Waals surface area contributed by atoms with Gasteiger partial charge in [-0.3, -0.25) is 0 Å². The summed E-state index contributed by atoms with van der Waals surface area (Å²) in [6.07, 6.45) is 2.85. The summed E-state index contributed by atoms with van der Waals surface area (Å²) in [4.78, 5) is 7.19. The predicted molar refractivity (Wildman–Crippen MR) is 111 cm³/mol. The highest BCUT2D eigenvalue weighted by Crippen LogP contribution is 2.21. The number of aliphatic imine (C=N–C) groups is 1. The fourth-order valence-electron chi connectivity index (χ4n) is 3.58. The molecule has 0 aromatic heterocycles. The number of morpholine rings is 1. The Hall–Kier alpha value is -1.63. The van der Waals surface area contributed by atoms with E-state index in [2.05, 4.69) is 55.3 Å². The van der Waals surface area contributed by atoms with Crippen molar-refractivity contribution in [3.63, 3.8) is 0 Å². The van der Waals surface area contributed by atoms with Gasteiger partial charge in [0.2, 0.25) is 0 Å². The number of hydrogen-bond acceptors (Lipinski definition) is 4. The molecule has 2 atom stereocenters. The maximum atomic E-state index is 5.97. The molecule has 2 saturated heterocycles. The van der Waals surface area contributed by atoms with Crippen LogP contribution in [0.4, 0.5) is 0 Å². The van der Waals surface area contributed by atoms with Crippen molar-refractivity contribution in [1.29, 1.82) is 0 Å². The molecule has 0 amide bonds. The van der Waals surface area contributed by atoms with Gasteiger partial charge in [-0.05, 0) is 44.7 Å². The third-order valence-corrected chi connectivity index (χ3v) is 5.13. The van der Waals surface area contributed by atoms with Gasteiger partial charge in [0.25, 0.3) is 0 Å². The Labute approximate surface area is 169 Å². The quantitative estimate of drug-likeness (QED) is 0.574. The maximum Gasteiger partial charge on any atom is 0.194 e. The van der Waals surface area contributed by atoms with E-state index >= 15 is 0 Å². The molecule has 6 nitrogen and oxygen atoms in total. The zero-order valence-corrected chi connectivity index (χ0v) is 17.5. The summed E-state index contributed by atoms with van der Waals surface area (Å²) in [7, 11) is 0. The van der Waals surface area contributed by atoms with E-state index in [1.165, 1.54) is 11.1 Å². The van der Waals surface area contributed by atoms with E-state index in [-0.39, 0.29) is 18.3 Å². The zero-order valence-electron chi connectivity index (χ0n) is 17.5. The molecule has 0 aliphatic carbocycles. The van der Waals surface area contributed by atoms with Crippen molar-refractivity contribution in [1.82, 2.24) is 10.2 Å². The van der Waals surface area contributed by atoms with Crippen LogP contribution in [0.15, 0.2) is 29.3 Å². The highest BCUT2D eigenvalue weighted by Gasteiger charge is 2.32. The van der Waals surface area contributed by atoms with Crippen LogP contribution >= 0.6 is 0 Å². The van der Waals surface area contributed by atoms with E-state index in [0.717, 1.165) is 51.6 Å². The smallest absolute Gasteiger partial charge is 0.194 e. The van der Waals surface area contributed by atoms with Crippen LogP contribution in [0.1, 0.15) is 44.7 Å². The molecule has 0 radical (unpaired) electrons. The number of ether oxygens (including phenoxy) is 3. The van der Waals surface area contributed by atoms with Crippen molar-refractivity contribution in [3.8, 4) is 0 Å². The Balaban J connectivity index is 1.58. The topological polar surface area (TPSA) is 55.3 Å². The summed E-state index contributed by atoms with van der Waals surface area (Å²) in [6.45, 7) is 11.7. The van der Waals surface area contributed by atoms with E-state index in [0.29, 0.717) is 13.2 Å². The summed E-state index contributed by atoms with van der Waals surface area (Å²) < 4.78 is 17.5. The first kappa shape index (κ1) is 21.1. The molecule has 2 fully saturated rings. The fraction of sp³-hybridized carbons (Fsp3) is 0.682. The Kier molecular flexibility index (Phi) is 8.13. The summed E-state index contributed by atoms with van der Waals surface area (Å²) in [5.41, 5.74) is 2.40. The Morgan fingerprint density at radius 2 is 1.93 bits per heavy atom. The zero-order chi connectivity index (χ0) is 19.8. The molecular formula is C22H35N3O3. The van der Waals surface area contributed by atoms with Gasteiger partial charge in [-0.15, -0.1) is 0 Å². The molecule has 0 bridgehead atoms. The van der Waals surface area contributed by atoms with Crippen molar-refractivity contribution in [2.24, 2.45) is 4.99 Å². The molecule has 1 aromatic carbocycles. The van der Waals surface area contributed by atoms with Crippen molar-refractivity contribution in [3.05, 3.63) is 35.4 Å². The van der Waals surface area contributed by atoms with Crippen molar-refractivity contribution >= 4 is 5.96 Å². The second-order valence-corrected chi connectivity index (χ2v) is 7.75. The molecule has 1 N–H and O–H groups in total. The first-order chi connectivity index (χ1) is 13.7. The Morgan fingerprint density at radius 1 is 1.18 bits per heavy atom. The number of hydrogen-bond donors (Lipinski definition) is 1. The maximum absolute atomic E-state index is 5.97. The average Bonchev–Trinajstić information content (AvgIpc) is 3.25. The van der Waals surface area contributed by atoms with Gasteiger partial charge in [0.05, 0.1) is 32.0 Å². The second kappa shape index (κ2) is 10.8. The molecule has 3 rings (SSSR count). The summed E-state index contributed by atoms with van der Waals surface area (Å²) in [6, 6.07) is 8.53. The number of nitrogens with one attached hydrogen (secondary N) is 1. The summed E-state index contributed by atoms with van der Waals surface area (Å²) in [5.74, 6) is 0.959. The molecule has 2 aliphatic rings. The van der Waals surface area contributed by atoms with E-state index in [9.17, 15) is 0 Å². The predicted octanol–water partition coefficient (Wildman–Crippen LogP) is 2.96. The van der Waals surface area contributed by atoms with Gasteiger partial charge in [0, 0.05) is 26.2 Å². The minimum absolute atomic E-state index is 0.139. The van der Waals surface area contributed by atoms with Crippen molar-refractivity contribution in [2.45, 2.75) is 65.1 Å². The van der Waals surface area contributed by atoms with Gasteiger partial charge in [0.15, 0.2) is 5.96 Å². The van der Waals surface area contributed by atoms with Crippen LogP contribution < -0.4 is 5.32 Å². The highest BCUT2D eigenvalue weighted by molar-refractivity contribution is 5.80. The molecule has 2 heterocycles. The van der Waals surface area contributed by atoms with Gasteiger partial charge >= 0.3 is 0 Å². The standard InChI is InChI=1S/C22H35N3O3/c1-4-23-22(25-11-13-27-21(15-25)20-6-5-12-26-20)24-14-18-7-9-19(10-8-18)16-28-17(2)3/h7-10,17,20-21H,4-6,11-16H2,1-3H3,(H,23,24). The van der Waals surface area contributed by atoms with Gasteiger partial charge in [-0.25, -0.2) is 4.99 Å². The lowest BCUT2D eigenvalue weighted by atomic mass is 10.1. The van der Waals surface area contributed by atoms with Crippen LogP contribution in [-0.4, -0.2) is 62.0 Å². The van der Waals surface area contributed by atoms with Crippen LogP contribution in [0.3, 0.4) is 0 Å². The lowest BCUT2D eigenvalue weighted by Gasteiger charge is -2.37. The minimum atomic E-state index is 0.139. The van der Waals surface area contributed by atoms with E-state index in [1.54, 1.807) is 0 Å². The lowest BCUT2D eigenvalue weighted by molar-refractivity contribution is -0.0817. The average molecular weight is 390 g/mol. The second-order valence-electron chi connectivity index (χ2n) is 7.75. The Morgan fingerprint density at radius 3 is 2.61 bits per heavy atom. The monoisotopic (exact) mass is 389 g/mol. The van der Waals surface area contributed by atoms with Gasteiger partial charge < -0.3 is 24.4 Å². The fourth-order valence-corrected chi connectivity index (χ4v) is 3.58. The van der Waals surface area contributed by atoms with Gasteiger partial charge in [0.1, 0.15) is 6.10 Å². The largest absolute Gasteiger partial charge is 0.375 e. The van der Waals surface area contributed by atoms with Crippen molar-refractivity contribution in [2.75, 3.05) is 32.8 Å². The van der Waals surface area contributed by atoms with Crippen LogP contribution in [0, 0.1) is 0 Å². The molecule has 156 valence electrons. The molecule has 0 saturated carbocycles. The van der Waals surface area contributed by atoms with E-state index < -0.39 is 0 Å². The molecule has 28 heavy (non-hydrogen) atoms. The van der Waals surface area contributed by atoms with E-state index in [1.807, 2.05) is 0 Å². The first-order valence-corrected chi connectivity index (χ1v) is 10.6. The molecule has 1 aromatic rings. The number of benzene rings is 1. The summed E-state index contributed by atoms with van der Waals surface area (Å²) in [5, 5.41) is 3.44. The molecule has 0 spiro atoms. The molecule has 6 heteroatoms. The number of nitrogens with zero attached hydrogens (tertiary/aromatic N) is 2. The normalized spacial score (nSPS) is 23.4. The molecule has 2 unspecified atom stereocenters. The highest BCUT2D eigenvalue weighted by atomic mass is 16.5. The van der Waals surface area contributed by atoms with Crippen molar-refractivity contribution < 1.29 is 14.2 Å². The van der Waals surface area contributed by atoms with E-state index in [4.69, 9.17) is 19.2 Å². The molecule has 2 aliphatic heterocycles. The van der Waals surface area contributed by atoms with Gasteiger partial charge in [-0.2, -0.15) is 0 Å². The third kappa shape index (κ3) is 6.19. The van der Waals surface area contributed by atoms with Crippen LogP contribution in [0.25, 0.3) is 0 Å². The SMILES string of the molecule is CCNC(=NCc1ccc(COC(C)C)cc1)N1CCOC(C2CCCO2)C1. The third-order valence-electron chi connectivity index (χ3n) is 5.13. The lowest BCUT2D eigenvalue weighted by Crippen LogP contribution is -2.53. The Bertz CT molecular complexity index is 612. The molecular weight excluding hydrogens is 354 g/mol. The number of guanidine groups is 1. The first-order valence-electron chi connectivity index (χ1n) is 10.6. The van der Waals surface area contributed by atoms with Crippen LogP contribution in [0.2, 0.25) is 0 Å². The van der Waals surface area contributed by atoms with Gasteiger partial charge in [-0.1, -0.05) is 24.3 Å². The number of rotatable bonds is 7. The van der Waals surface area contributed by atoms with Crippen LogP contribution in [-0.2, 0) is 27.4 Å².